The van der Waals surface area contributed by atoms with Crippen molar-refractivity contribution in [1.82, 2.24) is 25.1 Å². The van der Waals surface area contributed by atoms with Crippen LogP contribution in [0.2, 0.25) is 0 Å². The Hall–Kier alpha value is -3.36. The number of H-pyrrole nitrogens is 2. The van der Waals surface area contributed by atoms with Crippen LogP contribution in [0.5, 0.6) is 0 Å². The number of carbonyl (C=O) groups is 2. The number of imidazole rings is 1. The quantitative estimate of drug-likeness (QED) is 0.577. The molecule has 9 nitrogen and oxygen atoms in total. The second-order valence-corrected chi connectivity index (χ2v) is 9.13. The van der Waals surface area contributed by atoms with E-state index in [1.165, 1.54) is 12.8 Å². The molecule has 9 heteroatoms. The Morgan fingerprint density at radius 2 is 1.94 bits per heavy atom. The molecule has 168 valence electrons. The number of anilines is 2. The van der Waals surface area contributed by atoms with E-state index in [0.717, 1.165) is 48.2 Å². The number of hydrogen-bond donors (Lipinski definition) is 3. The van der Waals surface area contributed by atoms with Crippen molar-refractivity contribution in [2.45, 2.75) is 51.9 Å². The lowest BCUT2D eigenvalue weighted by Gasteiger charge is -2.20. The zero-order chi connectivity index (χ0) is 22.5. The molecule has 1 saturated heterocycles. The number of fused-ring (bicyclic) bond motifs is 2. The molecule has 2 aliphatic rings. The lowest BCUT2D eigenvalue weighted by atomic mass is 9.86. The topological polar surface area (TPSA) is 110 Å². The molecule has 3 amide bonds. The van der Waals surface area contributed by atoms with Crippen molar-refractivity contribution in [3.8, 4) is 11.5 Å². The van der Waals surface area contributed by atoms with Crippen LogP contribution >= 0.6 is 0 Å². The van der Waals surface area contributed by atoms with Gasteiger partial charge in [0.1, 0.15) is 0 Å². The first-order valence-electron chi connectivity index (χ1n) is 11.4. The summed E-state index contributed by atoms with van der Waals surface area (Å²) in [5, 5.41) is 10.2. The van der Waals surface area contributed by atoms with Gasteiger partial charge < -0.3 is 20.1 Å². The number of likely N-dealkylation sites (tertiary alicyclic amines) is 1. The molecule has 3 aromatic rings. The molecule has 4 heterocycles. The van der Waals surface area contributed by atoms with Gasteiger partial charge in [-0.15, -0.1) is 0 Å². The van der Waals surface area contributed by atoms with E-state index in [4.69, 9.17) is 4.98 Å². The lowest BCUT2D eigenvalue weighted by Crippen LogP contribution is -2.35. The van der Waals surface area contributed by atoms with Crippen molar-refractivity contribution in [3.05, 3.63) is 23.9 Å². The fraction of sp³-hybridized carbons (Fsp3) is 0.478. The Bertz CT molecular complexity index is 1180. The van der Waals surface area contributed by atoms with E-state index in [1.807, 2.05) is 42.7 Å². The maximum Gasteiger partial charge on any atom is 0.321 e. The van der Waals surface area contributed by atoms with E-state index in [0.29, 0.717) is 23.8 Å². The highest BCUT2D eigenvalue weighted by atomic mass is 16.2. The van der Waals surface area contributed by atoms with Gasteiger partial charge in [0.05, 0.1) is 27.8 Å². The molecule has 0 spiro atoms. The predicted molar refractivity (Wildman–Crippen MR) is 124 cm³/mol. The number of urea groups is 1. The zero-order valence-corrected chi connectivity index (χ0v) is 18.8. The van der Waals surface area contributed by atoms with Crippen molar-refractivity contribution >= 4 is 34.3 Å². The summed E-state index contributed by atoms with van der Waals surface area (Å²) in [7, 11) is 0. The number of likely N-dealkylation sites (N-methyl/N-ethyl adjacent to an activating group) is 1. The Kier molecular flexibility index (Phi) is 4.91. The number of aromatic nitrogens is 4. The lowest BCUT2D eigenvalue weighted by molar-refractivity contribution is -0.122. The monoisotopic (exact) mass is 435 g/mol. The fourth-order valence-corrected chi connectivity index (χ4v) is 4.79. The predicted octanol–water partition coefficient (Wildman–Crippen LogP) is 4.01. The first kappa shape index (κ1) is 20.5. The van der Waals surface area contributed by atoms with Gasteiger partial charge in [-0.05, 0) is 51.3 Å². The second kappa shape index (κ2) is 7.65. The number of rotatable bonds is 3. The number of carbonyl (C=O) groups excluding carboxylic acids is 2. The van der Waals surface area contributed by atoms with E-state index in [2.05, 4.69) is 20.5 Å². The Balaban J connectivity index is 1.46. The van der Waals surface area contributed by atoms with E-state index in [1.54, 1.807) is 6.20 Å². The molecule has 0 aliphatic carbocycles. The maximum absolute atomic E-state index is 12.8. The van der Waals surface area contributed by atoms with E-state index in [9.17, 15) is 9.59 Å². The molecule has 0 bridgehead atoms. The van der Waals surface area contributed by atoms with Crippen LogP contribution in [0, 0.1) is 0 Å². The number of hydrogen-bond acceptors (Lipinski definition) is 4. The average Bonchev–Trinajstić information content (AvgIpc) is 3.35. The van der Waals surface area contributed by atoms with Crippen molar-refractivity contribution in [3.63, 3.8) is 0 Å². The van der Waals surface area contributed by atoms with Crippen LogP contribution in [0.15, 0.2) is 18.3 Å². The Labute approximate surface area is 186 Å². The molecule has 1 aromatic carbocycles. The van der Waals surface area contributed by atoms with Crippen LogP contribution in [0.1, 0.15) is 52.0 Å². The van der Waals surface area contributed by atoms with E-state index in [-0.39, 0.29) is 11.9 Å². The van der Waals surface area contributed by atoms with E-state index >= 15 is 0 Å². The van der Waals surface area contributed by atoms with Crippen LogP contribution in [-0.2, 0) is 10.2 Å². The van der Waals surface area contributed by atoms with Gasteiger partial charge in [-0.2, -0.15) is 5.10 Å². The van der Waals surface area contributed by atoms with Crippen LogP contribution in [0.4, 0.5) is 16.2 Å². The van der Waals surface area contributed by atoms with Crippen molar-refractivity contribution in [2.75, 3.05) is 29.9 Å². The van der Waals surface area contributed by atoms with Gasteiger partial charge in [0, 0.05) is 25.8 Å². The zero-order valence-electron chi connectivity index (χ0n) is 18.8. The molecule has 3 N–H and O–H groups in total. The van der Waals surface area contributed by atoms with Gasteiger partial charge >= 0.3 is 6.03 Å². The molecule has 0 saturated carbocycles. The summed E-state index contributed by atoms with van der Waals surface area (Å²) < 4.78 is 0. The molecule has 5 rings (SSSR count). The first-order valence-corrected chi connectivity index (χ1v) is 11.4. The van der Waals surface area contributed by atoms with Crippen molar-refractivity contribution in [1.29, 1.82) is 0 Å². The standard InChI is InChI=1S/C23H29N7O2/c1-4-30-18-12-16-15(11-14(18)23(2,3)21(30)31)25-20(26-16)19-17(13-24-28-19)27-22(32)29-9-7-5-6-8-10-29/h11-13H,4-10H2,1-3H3,(H,24,28)(H,25,26)(H,27,32). The van der Waals surface area contributed by atoms with Gasteiger partial charge in [0.2, 0.25) is 5.91 Å². The highest BCUT2D eigenvalue weighted by Gasteiger charge is 2.43. The number of nitrogens with one attached hydrogen (secondary N) is 3. The van der Waals surface area contributed by atoms with Gasteiger partial charge in [-0.25, -0.2) is 9.78 Å². The molecule has 2 aromatic heterocycles. The molecule has 2 aliphatic heterocycles. The third-order valence-electron chi connectivity index (χ3n) is 6.66. The minimum Gasteiger partial charge on any atom is -0.337 e. The summed E-state index contributed by atoms with van der Waals surface area (Å²) in [6.07, 6.45) is 6.09. The highest BCUT2D eigenvalue weighted by Crippen LogP contribution is 2.43. The average molecular weight is 436 g/mol. The summed E-state index contributed by atoms with van der Waals surface area (Å²) >= 11 is 0. The van der Waals surface area contributed by atoms with Crippen LogP contribution in [0.25, 0.3) is 22.6 Å². The molecule has 0 radical (unpaired) electrons. The molecular weight excluding hydrogens is 406 g/mol. The van der Waals surface area contributed by atoms with Crippen molar-refractivity contribution in [2.24, 2.45) is 0 Å². The second-order valence-electron chi connectivity index (χ2n) is 9.13. The number of aromatic amines is 2. The minimum atomic E-state index is -0.580. The summed E-state index contributed by atoms with van der Waals surface area (Å²) in [5.74, 6) is 0.678. The highest BCUT2D eigenvalue weighted by molar-refractivity contribution is 6.09. The summed E-state index contributed by atoms with van der Waals surface area (Å²) in [5.41, 5.74) is 4.07. The molecule has 32 heavy (non-hydrogen) atoms. The van der Waals surface area contributed by atoms with Gasteiger partial charge in [-0.3, -0.25) is 9.89 Å². The largest absolute Gasteiger partial charge is 0.337 e. The van der Waals surface area contributed by atoms with Crippen LogP contribution in [0.3, 0.4) is 0 Å². The fourth-order valence-electron chi connectivity index (χ4n) is 4.79. The third-order valence-corrected chi connectivity index (χ3v) is 6.66. The molecular formula is C23H29N7O2. The van der Waals surface area contributed by atoms with E-state index < -0.39 is 5.41 Å². The van der Waals surface area contributed by atoms with Crippen LogP contribution < -0.4 is 10.2 Å². The molecule has 0 atom stereocenters. The van der Waals surface area contributed by atoms with Gasteiger partial charge in [0.25, 0.3) is 0 Å². The first-order chi connectivity index (χ1) is 15.4. The van der Waals surface area contributed by atoms with Gasteiger partial charge in [0.15, 0.2) is 11.5 Å². The van der Waals surface area contributed by atoms with Crippen LogP contribution in [-0.4, -0.2) is 56.6 Å². The van der Waals surface area contributed by atoms with Crippen molar-refractivity contribution < 1.29 is 9.59 Å². The summed E-state index contributed by atoms with van der Waals surface area (Å²) in [4.78, 5) is 37.3. The normalized spacial score (nSPS) is 18.2. The smallest absolute Gasteiger partial charge is 0.321 e. The maximum atomic E-state index is 12.8. The molecule has 0 unspecified atom stereocenters. The number of benzene rings is 1. The minimum absolute atomic E-state index is 0.105. The van der Waals surface area contributed by atoms with Gasteiger partial charge in [-0.1, -0.05) is 12.8 Å². The Morgan fingerprint density at radius 1 is 1.19 bits per heavy atom. The third kappa shape index (κ3) is 3.23. The number of nitrogens with zero attached hydrogens (tertiary/aromatic N) is 4. The SMILES string of the molecule is CCN1C(=O)C(C)(C)c2cc3[nH]c(-c4n[nH]cc4NC(=O)N4CCCCCC4)nc3cc21. The molecule has 1 fully saturated rings. The Morgan fingerprint density at radius 3 is 2.66 bits per heavy atom. The summed E-state index contributed by atoms with van der Waals surface area (Å²) in [6, 6.07) is 3.86. The summed E-state index contributed by atoms with van der Waals surface area (Å²) in [6.45, 7) is 8.06. The number of amides is 3.